The van der Waals surface area contributed by atoms with E-state index in [1.807, 2.05) is 0 Å². The number of hydrogen-bond acceptors (Lipinski definition) is 4. The highest BCUT2D eigenvalue weighted by molar-refractivity contribution is 7.86. The van der Waals surface area contributed by atoms with Gasteiger partial charge in [-0.3, -0.25) is 4.79 Å². The first-order valence-corrected chi connectivity index (χ1v) is 11.5. The SMILES string of the molecule is CCN(CC)CCNC(=O)C1CCN(S(=O)(=O)N2CCC(C)CC2)CC1. The molecule has 0 aromatic heterocycles. The third-order valence-electron chi connectivity index (χ3n) is 5.84. The molecule has 2 heterocycles. The summed E-state index contributed by atoms with van der Waals surface area (Å²) in [7, 11) is -3.36. The van der Waals surface area contributed by atoms with Crippen molar-refractivity contribution in [2.75, 3.05) is 52.4 Å². The van der Waals surface area contributed by atoms with E-state index in [0.717, 1.165) is 32.5 Å². The molecule has 0 radical (unpaired) electrons. The lowest BCUT2D eigenvalue weighted by atomic mass is 9.97. The highest BCUT2D eigenvalue weighted by Crippen LogP contribution is 2.25. The van der Waals surface area contributed by atoms with Crippen LogP contribution in [-0.2, 0) is 15.0 Å². The molecule has 2 rings (SSSR count). The molecule has 0 unspecified atom stereocenters. The van der Waals surface area contributed by atoms with Gasteiger partial charge in [0.1, 0.15) is 0 Å². The van der Waals surface area contributed by atoms with Gasteiger partial charge in [0.15, 0.2) is 0 Å². The number of nitrogens with zero attached hydrogens (tertiary/aromatic N) is 3. The molecule has 7 nitrogen and oxygen atoms in total. The molecule has 8 heteroatoms. The quantitative estimate of drug-likeness (QED) is 0.677. The van der Waals surface area contributed by atoms with E-state index in [0.29, 0.717) is 51.5 Å². The van der Waals surface area contributed by atoms with Crippen molar-refractivity contribution < 1.29 is 13.2 Å². The van der Waals surface area contributed by atoms with Gasteiger partial charge in [-0.1, -0.05) is 20.8 Å². The molecule has 2 aliphatic rings. The van der Waals surface area contributed by atoms with Gasteiger partial charge in [-0.05, 0) is 44.7 Å². The van der Waals surface area contributed by atoms with Crippen molar-refractivity contribution in [3.05, 3.63) is 0 Å². The number of hydrogen-bond donors (Lipinski definition) is 1. The summed E-state index contributed by atoms with van der Waals surface area (Å²) < 4.78 is 28.8. The first-order valence-electron chi connectivity index (χ1n) is 10.1. The van der Waals surface area contributed by atoms with Crippen LogP contribution in [0.1, 0.15) is 46.5 Å². The van der Waals surface area contributed by atoms with Crippen molar-refractivity contribution in [1.82, 2.24) is 18.8 Å². The van der Waals surface area contributed by atoms with E-state index >= 15 is 0 Å². The summed E-state index contributed by atoms with van der Waals surface area (Å²) in [6, 6.07) is 0. The molecule has 1 N–H and O–H groups in total. The molecule has 2 fully saturated rings. The Balaban J connectivity index is 1.76. The van der Waals surface area contributed by atoms with Crippen LogP contribution in [0.15, 0.2) is 0 Å². The highest BCUT2D eigenvalue weighted by atomic mass is 32.2. The highest BCUT2D eigenvalue weighted by Gasteiger charge is 2.35. The first-order chi connectivity index (χ1) is 12.4. The Bertz CT molecular complexity index is 535. The smallest absolute Gasteiger partial charge is 0.281 e. The number of carbonyl (C=O) groups is 1. The molecule has 2 saturated heterocycles. The fraction of sp³-hybridized carbons (Fsp3) is 0.944. The second-order valence-electron chi connectivity index (χ2n) is 7.58. The molecule has 152 valence electrons. The predicted molar refractivity (Wildman–Crippen MR) is 104 cm³/mol. The van der Waals surface area contributed by atoms with E-state index in [2.05, 4.69) is 31.0 Å². The van der Waals surface area contributed by atoms with Crippen LogP contribution >= 0.6 is 0 Å². The minimum absolute atomic E-state index is 0.0699. The first kappa shape index (κ1) is 21.6. The maximum Gasteiger partial charge on any atom is 0.281 e. The van der Waals surface area contributed by atoms with E-state index in [1.54, 1.807) is 8.61 Å². The minimum atomic E-state index is -3.36. The predicted octanol–water partition coefficient (Wildman–Crippen LogP) is 1.13. The van der Waals surface area contributed by atoms with Crippen molar-refractivity contribution in [2.45, 2.75) is 46.5 Å². The average Bonchev–Trinajstić information content (AvgIpc) is 2.65. The van der Waals surface area contributed by atoms with Gasteiger partial charge in [0.25, 0.3) is 10.2 Å². The second-order valence-corrected chi connectivity index (χ2v) is 9.51. The zero-order valence-electron chi connectivity index (χ0n) is 16.6. The van der Waals surface area contributed by atoms with Gasteiger partial charge in [0.05, 0.1) is 0 Å². The molecular weight excluding hydrogens is 352 g/mol. The topological polar surface area (TPSA) is 73.0 Å². The zero-order chi connectivity index (χ0) is 19.2. The molecule has 0 atom stereocenters. The number of amides is 1. The van der Waals surface area contributed by atoms with E-state index in [9.17, 15) is 13.2 Å². The summed E-state index contributed by atoms with van der Waals surface area (Å²) in [6.45, 7) is 12.0. The molecule has 0 bridgehead atoms. The van der Waals surface area contributed by atoms with Crippen molar-refractivity contribution in [3.63, 3.8) is 0 Å². The Kier molecular flexibility index (Phi) is 8.32. The number of rotatable bonds is 8. The minimum Gasteiger partial charge on any atom is -0.355 e. The molecule has 0 aliphatic carbocycles. The number of nitrogens with one attached hydrogen (secondary N) is 1. The molecule has 0 saturated carbocycles. The normalized spacial score (nSPS) is 22.0. The molecule has 2 aliphatic heterocycles. The van der Waals surface area contributed by atoms with E-state index in [1.165, 1.54) is 0 Å². The Morgan fingerprint density at radius 3 is 2.00 bits per heavy atom. The van der Waals surface area contributed by atoms with Gasteiger partial charge < -0.3 is 10.2 Å². The summed E-state index contributed by atoms with van der Waals surface area (Å²) in [6.07, 6.45) is 3.09. The molecule has 26 heavy (non-hydrogen) atoms. The van der Waals surface area contributed by atoms with Crippen LogP contribution in [0.25, 0.3) is 0 Å². The molecule has 0 spiro atoms. The van der Waals surface area contributed by atoms with Crippen molar-refractivity contribution in [3.8, 4) is 0 Å². The Hall–Kier alpha value is -0.700. The lowest BCUT2D eigenvalue weighted by Crippen LogP contribution is -2.50. The zero-order valence-corrected chi connectivity index (χ0v) is 17.4. The van der Waals surface area contributed by atoms with E-state index in [-0.39, 0.29) is 11.8 Å². The average molecular weight is 389 g/mol. The fourth-order valence-corrected chi connectivity index (χ4v) is 5.42. The Morgan fingerprint density at radius 2 is 1.50 bits per heavy atom. The van der Waals surface area contributed by atoms with Crippen molar-refractivity contribution in [1.29, 1.82) is 0 Å². The van der Waals surface area contributed by atoms with Crippen LogP contribution in [0, 0.1) is 11.8 Å². The summed E-state index contributed by atoms with van der Waals surface area (Å²) in [5, 5.41) is 3.01. The van der Waals surface area contributed by atoms with Crippen molar-refractivity contribution in [2.24, 2.45) is 11.8 Å². The second kappa shape index (κ2) is 10.0. The number of piperidine rings is 2. The number of likely N-dealkylation sites (N-methyl/N-ethyl adjacent to an activating group) is 1. The third-order valence-corrected chi connectivity index (χ3v) is 7.88. The number of carbonyl (C=O) groups excluding carboxylic acids is 1. The maximum atomic E-state index is 12.8. The molecule has 0 aromatic rings. The van der Waals surface area contributed by atoms with E-state index < -0.39 is 10.2 Å². The van der Waals surface area contributed by atoms with Crippen LogP contribution in [0.3, 0.4) is 0 Å². The molecule has 1 amide bonds. The molecular formula is C18H36N4O3S. The summed E-state index contributed by atoms with van der Waals surface area (Å²) >= 11 is 0. The van der Waals surface area contributed by atoms with Gasteiger partial charge in [0, 0.05) is 45.2 Å². The Labute approximate surface area is 159 Å². The van der Waals surface area contributed by atoms with E-state index in [4.69, 9.17) is 0 Å². The Morgan fingerprint density at radius 1 is 1.00 bits per heavy atom. The van der Waals surface area contributed by atoms with Crippen LogP contribution < -0.4 is 5.32 Å². The van der Waals surface area contributed by atoms with Crippen LogP contribution in [0.2, 0.25) is 0 Å². The lowest BCUT2D eigenvalue weighted by molar-refractivity contribution is -0.126. The lowest BCUT2D eigenvalue weighted by Gasteiger charge is -2.37. The van der Waals surface area contributed by atoms with Crippen molar-refractivity contribution >= 4 is 16.1 Å². The standard InChI is InChI=1S/C18H36N4O3S/c1-4-20(5-2)15-10-19-18(23)17-8-13-22(14-9-17)26(24,25)21-11-6-16(3)7-12-21/h16-17H,4-15H2,1-3H3,(H,19,23). The van der Waals surface area contributed by atoms with Gasteiger partial charge in [-0.25, -0.2) is 0 Å². The largest absolute Gasteiger partial charge is 0.355 e. The van der Waals surface area contributed by atoms with Crippen LogP contribution in [-0.4, -0.2) is 80.2 Å². The van der Waals surface area contributed by atoms with Gasteiger partial charge >= 0.3 is 0 Å². The van der Waals surface area contributed by atoms with Gasteiger partial charge in [-0.15, -0.1) is 0 Å². The summed E-state index contributed by atoms with van der Waals surface area (Å²) in [5.74, 6) is 0.604. The molecule has 0 aromatic carbocycles. The van der Waals surface area contributed by atoms with Gasteiger partial charge in [0.2, 0.25) is 5.91 Å². The van der Waals surface area contributed by atoms with Gasteiger partial charge in [-0.2, -0.15) is 17.0 Å². The van der Waals surface area contributed by atoms with Crippen LogP contribution in [0.4, 0.5) is 0 Å². The maximum absolute atomic E-state index is 12.8. The fourth-order valence-electron chi connectivity index (χ4n) is 3.75. The monoisotopic (exact) mass is 388 g/mol. The summed E-state index contributed by atoms with van der Waals surface area (Å²) in [5.41, 5.74) is 0. The third kappa shape index (κ3) is 5.65. The summed E-state index contributed by atoms with van der Waals surface area (Å²) in [4.78, 5) is 14.6. The van der Waals surface area contributed by atoms with Crippen LogP contribution in [0.5, 0.6) is 0 Å².